The Hall–Kier alpha value is -0.340. The summed E-state index contributed by atoms with van der Waals surface area (Å²) in [4.78, 5) is 0. The monoisotopic (exact) mass is 114 g/mol. The van der Waals surface area contributed by atoms with Crippen LogP contribution >= 0.6 is 0 Å². The van der Waals surface area contributed by atoms with E-state index in [0.29, 0.717) is 0 Å². The van der Waals surface area contributed by atoms with Crippen LogP contribution in [0.4, 0.5) is 0 Å². The molecule has 8 heavy (non-hydrogen) atoms. The van der Waals surface area contributed by atoms with E-state index in [1.807, 2.05) is 0 Å². The molecule has 1 N–H and O–H groups in total. The van der Waals surface area contributed by atoms with Crippen LogP contribution < -0.4 is 0 Å². The van der Waals surface area contributed by atoms with Crippen molar-refractivity contribution in [3.8, 4) is 0 Å². The molecule has 2 atom stereocenters. The first-order chi connectivity index (χ1) is 3.88. The summed E-state index contributed by atoms with van der Waals surface area (Å²) in [5.74, 6) is 0. The van der Waals surface area contributed by atoms with Crippen molar-refractivity contribution in [2.24, 2.45) is 0 Å². The van der Waals surface area contributed by atoms with Gasteiger partial charge in [0, 0.05) is 0 Å². The maximum Gasteiger partial charge on any atom is 0.107 e. The van der Waals surface area contributed by atoms with Crippen molar-refractivity contribution >= 4 is 0 Å². The molecule has 0 bridgehead atoms. The van der Waals surface area contributed by atoms with Crippen molar-refractivity contribution in [1.82, 2.24) is 0 Å². The summed E-state index contributed by atoms with van der Waals surface area (Å²) in [5, 5.41) is 8.44. The lowest BCUT2D eigenvalue weighted by atomic mass is 10.2. The molecule has 1 fully saturated rings. The molecule has 0 aromatic carbocycles. The van der Waals surface area contributed by atoms with Crippen LogP contribution in [-0.4, -0.2) is 23.9 Å². The number of ether oxygens (including phenoxy) is 1. The zero-order valence-electron chi connectivity index (χ0n) is 4.71. The molecule has 0 radical (unpaired) electrons. The van der Waals surface area contributed by atoms with Crippen LogP contribution in [0.1, 0.15) is 6.42 Å². The third-order valence-electron chi connectivity index (χ3n) is 1.27. The highest BCUT2D eigenvalue weighted by Gasteiger charge is 2.36. The highest BCUT2D eigenvalue weighted by Crippen LogP contribution is 2.24. The zero-order valence-corrected chi connectivity index (χ0v) is 4.71. The molecule has 0 unspecified atom stereocenters. The summed E-state index contributed by atoms with van der Waals surface area (Å²) in [6.45, 7) is 3.70. The molecular formula is C6H10O2. The van der Waals surface area contributed by atoms with E-state index in [2.05, 4.69) is 6.58 Å². The molecule has 0 spiro atoms. The van der Waals surface area contributed by atoms with Gasteiger partial charge >= 0.3 is 0 Å². The Morgan fingerprint density at radius 3 is 2.75 bits per heavy atom. The van der Waals surface area contributed by atoms with Crippen LogP contribution in [0.25, 0.3) is 0 Å². The predicted octanol–water partition coefficient (Wildman–Crippen LogP) is 0.322. The van der Waals surface area contributed by atoms with Crippen LogP contribution in [0, 0.1) is 0 Å². The van der Waals surface area contributed by atoms with E-state index in [9.17, 15) is 0 Å². The normalized spacial score (nSPS) is 34.6. The van der Waals surface area contributed by atoms with Crippen molar-refractivity contribution in [2.45, 2.75) is 18.6 Å². The second-order valence-electron chi connectivity index (χ2n) is 1.92. The summed E-state index contributed by atoms with van der Waals surface area (Å²) in [7, 11) is 0. The third kappa shape index (κ3) is 1.08. The van der Waals surface area contributed by atoms with E-state index in [1.165, 1.54) is 0 Å². The van der Waals surface area contributed by atoms with Gasteiger partial charge in [-0.3, -0.25) is 0 Å². The SMILES string of the molecule is C=CC[C@@H]1O[C@H]1CO. The zero-order chi connectivity index (χ0) is 5.98. The van der Waals surface area contributed by atoms with Crippen LogP contribution in [0.15, 0.2) is 12.7 Å². The van der Waals surface area contributed by atoms with Crippen molar-refractivity contribution in [3.63, 3.8) is 0 Å². The molecule has 1 rings (SSSR count). The Morgan fingerprint density at radius 2 is 2.38 bits per heavy atom. The largest absolute Gasteiger partial charge is 0.394 e. The average Bonchev–Trinajstić information content (AvgIpc) is 2.48. The van der Waals surface area contributed by atoms with Crippen molar-refractivity contribution in [1.29, 1.82) is 0 Å². The third-order valence-corrected chi connectivity index (χ3v) is 1.27. The number of hydrogen-bond donors (Lipinski definition) is 1. The minimum Gasteiger partial charge on any atom is -0.394 e. The van der Waals surface area contributed by atoms with E-state index in [-0.39, 0.29) is 18.8 Å². The van der Waals surface area contributed by atoms with Gasteiger partial charge in [-0.15, -0.1) is 6.58 Å². The number of epoxide rings is 1. The number of aliphatic hydroxyl groups excluding tert-OH is 1. The molecule has 1 saturated heterocycles. The Bertz CT molecular complexity index is 90.5. The van der Waals surface area contributed by atoms with Crippen molar-refractivity contribution in [3.05, 3.63) is 12.7 Å². The van der Waals surface area contributed by atoms with Gasteiger partial charge < -0.3 is 9.84 Å². The fourth-order valence-electron chi connectivity index (χ4n) is 0.711. The Morgan fingerprint density at radius 1 is 1.62 bits per heavy atom. The van der Waals surface area contributed by atoms with Crippen molar-refractivity contribution in [2.75, 3.05) is 6.61 Å². The van der Waals surface area contributed by atoms with Gasteiger partial charge in [0.25, 0.3) is 0 Å². The first kappa shape index (κ1) is 5.79. The Balaban J connectivity index is 2.07. The molecule has 1 heterocycles. The quantitative estimate of drug-likeness (QED) is 0.423. The second kappa shape index (κ2) is 2.29. The number of hydrogen-bond acceptors (Lipinski definition) is 2. The molecule has 2 heteroatoms. The molecule has 0 aliphatic carbocycles. The smallest absolute Gasteiger partial charge is 0.107 e. The summed E-state index contributed by atoms with van der Waals surface area (Å²) in [6, 6.07) is 0. The lowest BCUT2D eigenvalue weighted by Crippen LogP contribution is -1.96. The van der Waals surface area contributed by atoms with E-state index in [1.54, 1.807) is 6.08 Å². The fourth-order valence-corrected chi connectivity index (χ4v) is 0.711. The maximum absolute atomic E-state index is 8.44. The molecule has 0 aromatic heterocycles. The van der Waals surface area contributed by atoms with E-state index >= 15 is 0 Å². The standard InChI is InChI=1S/C6H10O2/c1-2-3-5-6(4-7)8-5/h2,5-7H,1,3-4H2/t5-,6-/m0/s1. The molecule has 0 amide bonds. The summed E-state index contributed by atoms with van der Waals surface area (Å²) >= 11 is 0. The van der Waals surface area contributed by atoms with Gasteiger partial charge in [0.1, 0.15) is 6.10 Å². The van der Waals surface area contributed by atoms with Crippen LogP contribution in [-0.2, 0) is 4.74 Å². The molecule has 0 saturated carbocycles. The van der Waals surface area contributed by atoms with Gasteiger partial charge in [-0.1, -0.05) is 6.08 Å². The van der Waals surface area contributed by atoms with E-state index < -0.39 is 0 Å². The van der Waals surface area contributed by atoms with Crippen LogP contribution in [0.3, 0.4) is 0 Å². The molecule has 0 aromatic rings. The summed E-state index contributed by atoms with van der Waals surface area (Å²) in [6.07, 6.45) is 3.04. The molecule has 1 aliphatic rings. The second-order valence-corrected chi connectivity index (χ2v) is 1.92. The number of aliphatic hydroxyl groups is 1. The fraction of sp³-hybridized carbons (Fsp3) is 0.667. The van der Waals surface area contributed by atoms with Gasteiger partial charge in [0.15, 0.2) is 0 Å². The minimum absolute atomic E-state index is 0.105. The minimum atomic E-state index is 0.105. The molecular weight excluding hydrogens is 104 g/mol. The van der Waals surface area contributed by atoms with Crippen LogP contribution in [0.2, 0.25) is 0 Å². The first-order valence-corrected chi connectivity index (χ1v) is 2.75. The molecule has 2 nitrogen and oxygen atoms in total. The average molecular weight is 114 g/mol. The molecule has 1 aliphatic heterocycles. The van der Waals surface area contributed by atoms with Crippen molar-refractivity contribution < 1.29 is 9.84 Å². The van der Waals surface area contributed by atoms with Gasteiger partial charge in [0.05, 0.1) is 12.7 Å². The van der Waals surface area contributed by atoms with E-state index in [4.69, 9.17) is 9.84 Å². The van der Waals surface area contributed by atoms with Gasteiger partial charge in [0.2, 0.25) is 0 Å². The maximum atomic E-state index is 8.44. The highest BCUT2D eigenvalue weighted by atomic mass is 16.6. The summed E-state index contributed by atoms with van der Waals surface area (Å²) in [5.41, 5.74) is 0. The van der Waals surface area contributed by atoms with Crippen LogP contribution in [0.5, 0.6) is 0 Å². The van der Waals surface area contributed by atoms with Gasteiger partial charge in [-0.25, -0.2) is 0 Å². The van der Waals surface area contributed by atoms with Gasteiger partial charge in [-0.2, -0.15) is 0 Å². The first-order valence-electron chi connectivity index (χ1n) is 2.75. The topological polar surface area (TPSA) is 32.8 Å². The lowest BCUT2D eigenvalue weighted by Gasteiger charge is -1.80. The lowest BCUT2D eigenvalue weighted by molar-refractivity contribution is 0.242. The van der Waals surface area contributed by atoms with Gasteiger partial charge in [-0.05, 0) is 6.42 Å². The predicted molar refractivity (Wildman–Crippen MR) is 30.6 cm³/mol. The van der Waals surface area contributed by atoms with E-state index in [0.717, 1.165) is 6.42 Å². The Labute approximate surface area is 48.8 Å². The summed E-state index contributed by atoms with van der Waals surface area (Å²) < 4.78 is 4.99. The number of rotatable bonds is 3. The molecule has 46 valence electrons. The Kier molecular flexibility index (Phi) is 1.65. The highest BCUT2D eigenvalue weighted by molar-refractivity contribution is 4.89.